The standard InChI is InChI=1S/C24H24F3N5O4/c1-2-3-19(28)22(33)29-13-6-7-31(10-13)21-18(27)11-32-20(30-21)15(9-16(23(32)34)24(35)36)14-5-4-12(25)8-17(14)26/h4-5,8-9,11,13,19H,2-3,6-7,10,28H2,1H3,(H,29,33)(H,35,36)/t13?,19-/m0/s1. The molecule has 1 fully saturated rings. The van der Waals surface area contributed by atoms with E-state index in [1.54, 1.807) is 4.90 Å². The van der Waals surface area contributed by atoms with Crippen molar-refractivity contribution in [1.82, 2.24) is 14.7 Å². The summed E-state index contributed by atoms with van der Waals surface area (Å²) in [6.45, 7) is 2.45. The maximum atomic E-state index is 15.1. The Morgan fingerprint density at radius 1 is 1.22 bits per heavy atom. The van der Waals surface area contributed by atoms with E-state index in [0.717, 1.165) is 30.8 Å². The molecule has 2 aromatic heterocycles. The fourth-order valence-corrected chi connectivity index (χ4v) is 4.29. The van der Waals surface area contributed by atoms with Crippen LogP contribution in [-0.2, 0) is 4.79 Å². The first kappa shape index (κ1) is 25.2. The van der Waals surface area contributed by atoms with E-state index < -0.39 is 40.6 Å². The lowest BCUT2D eigenvalue weighted by atomic mass is 10.0. The van der Waals surface area contributed by atoms with E-state index in [9.17, 15) is 28.3 Å². The number of carboxylic acids is 1. The molecule has 1 aromatic carbocycles. The lowest BCUT2D eigenvalue weighted by molar-refractivity contribution is -0.123. The van der Waals surface area contributed by atoms with Crippen molar-refractivity contribution in [2.45, 2.75) is 38.3 Å². The maximum Gasteiger partial charge on any atom is 0.341 e. The number of nitrogens with one attached hydrogen (secondary N) is 1. The van der Waals surface area contributed by atoms with E-state index in [-0.39, 0.29) is 41.1 Å². The summed E-state index contributed by atoms with van der Waals surface area (Å²) in [5, 5.41) is 12.3. The minimum absolute atomic E-state index is 0.125. The number of amides is 1. The lowest BCUT2D eigenvalue weighted by Crippen LogP contribution is -2.46. The summed E-state index contributed by atoms with van der Waals surface area (Å²) >= 11 is 0. The van der Waals surface area contributed by atoms with E-state index >= 15 is 4.39 Å². The van der Waals surface area contributed by atoms with Crippen LogP contribution in [0, 0.1) is 17.5 Å². The molecule has 1 amide bonds. The Labute approximate surface area is 203 Å². The smallest absolute Gasteiger partial charge is 0.341 e. The Bertz CT molecular complexity index is 1410. The van der Waals surface area contributed by atoms with Crippen LogP contribution in [0.2, 0.25) is 0 Å². The fraction of sp³-hybridized carbons (Fsp3) is 0.333. The number of rotatable bonds is 7. The summed E-state index contributed by atoms with van der Waals surface area (Å²) in [4.78, 5) is 42.4. The predicted octanol–water partition coefficient (Wildman–Crippen LogP) is 2.30. The van der Waals surface area contributed by atoms with Gasteiger partial charge in [-0.15, -0.1) is 0 Å². The summed E-state index contributed by atoms with van der Waals surface area (Å²) in [5.41, 5.74) is 3.53. The highest BCUT2D eigenvalue weighted by Crippen LogP contribution is 2.30. The molecule has 9 nitrogen and oxygen atoms in total. The predicted molar refractivity (Wildman–Crippen MR) is 125 cm³/mol. The zero-order chi connectivity index (χ0) is 26.1. The van der Waals surface area contributed by atoms with Crippen molar-refractivity contribution >= 4 is 23.3 Å². The van der Waals surface area contributed by atoms with Gasteiger partial charge in [-0.1, -0.05) is 13.3 Å². The van der Waals surface area contributed by atoms with Gasteiger partial charge in [0.05, 0.1) is 12.2 Å². The van der Waals surface area contributed by atoms with Crippen LogP contribution in [0.3, 0.4) is 0 Å². The van der Waals surface area contributed by atoms with Crippen molar-refractivity contribution in [3.63, 3.8) is 0 Å². The summed E-state index contributed by atoms with van der Waals surface area (Å²) in [7, 11) is 0. The van der Waals surface area contributed by atoms with Crippen LogP contribution in [0.5, 0.6) is 0 Å². The number of pyridine rings is 1. The van der Waals surface area contributed by atoms with Crippen molar-refractivity contribution in [1.29, 1.82) is 0 Å². The molecule has 1 aliphatic heterocycles. The van der Waals surface area contributed by atoms with Gasteiger partial charge in [0.1, 0.15) is 22.8 Å². The number of carbonyl (C=O) groups is 2. The average molecular weight is 503 g/mol. The first-order valence-corrected chi connectivity index (χ1v) is 11.4. The molecular formula is C24H24F3N5O4. The second-order valence-corrected chi connectivity index (χ2v) is 8.65. The number of benzene rings is 1. The van der Waals surface area contributed by atoms with Crippen molar-refractivity contribution < 1.29 is 27.9 Å². The summed E-state index contributed by atoms with van der Waals surface area (Å²) < 4.78 is 43.9. The van der Waals surface area contributed by atoms with E-state index in [1.165, 1.54) is 0 Å². The molecule has 36 heavy (non-hydrogen) atoms. The Morgan fingerprint density at radius 3 is 2.64 bits per heavy atom. The van der Waals surface area contributed by atoms with Gasteiger partial charge in [0.15, 0.2) is 11.6 Å². The molecule has 12 heteroatoms. The highest BCUT2D eigenvalue weighted by atomic mass is 19.1. The van der Waals surface area contributed by atoms with Gasteiger partial charge in [-0.2, -0.15) is 0 Å². The number of aromatic nitrogens is 2. The third-order valence-corrected chi connectivity index (χ3v) is 6.10. The number of aromatic carboxylic acids is 1. The van der Waals surface area contributed by atoms with Gasteiger partial charge in [0.2, 0.25) is 5.91 Å². The second-order valence-electron chi connectivity index (χ2n) is 8.65. The first-order chi connectivity index (χ1) is 17.1. The molecule has 0 radical (unpaired) electrons. The van der Waals surface area contributed by atoms with Crippen molar-refractivity contribution in [3.8, 4) is 11.1 Å². The molecule has 0 saturated carbocycles. The van der Waals surface area contributed by atoms with Crippen LogP contribution < -0.4 is 21.5 Å². The second kappa shape index (κ2) is 9.97. The molecule has 1 aliphatic rings. The van der Waals surface area contributed by atoms with Gasteiger partial charge >= 0.3 is 5.97 Å². The number of hydrogen-bond acceptors (Lipinski definition) is 6. The number of fused-ring (bicyclic) bond motifs is 1. The van der Waals surface area contributed by atoms with Gasteiger partial charge in [-0.05, 0) is 31.0 Å². The highest BCUT2D eigenvalue weighted by molar-refractivity contribution is 5.91. The molecule has 4 N–H and O–H groups in total. The normalized spacial score (nSPS) is 16.4. The first-order valence-electron chi connectivity index (χ1n) is 11.4. The van der Waals surface area contributed by atoms with Crippen LogP contribution in [0.4, 0.5) is 19.0 Å². The minimum Gasteiger partial charge on any atom is -0.477 e. The SMILES string of the molecule is CCC[C@H](N)C(=O)NC1CCN(c2nc3c(-c4ccc(F)cc4F)cc(C(=O)O)c(=O)n3cc2F)C1. The summed E-state index contributed by atoms with van der Waals surface area (Å²) in [5.74, 6) is -4.83. The van der Waals surface area contributed by atoms with Gasteiger partial charge in [0, 0.05) is 36.3 Å². The quantitative estimate of drug-likeness (QED) is 0.451. The molecule has 2 atom stereocenters. The Balaban J connectivity index is 1.77. The Kier molecular flexibility index (Phi) is 6.97. The topological polar surface area (TPSA) is 130 Å². The zero-order valence-electron chi connectivity index (χ0n) is 19.3. The summed E-state index contributed by atoms with van der Waals surface area (Å²) in [6, 6.07) is 2.64. The monoisotopic (exact) mass is 503 g/mol. The summed E-state index contributed by atoms with van der Waals surface area (Å²) in [6.07, 6.45) is 2.55. The number of nitrogens with two attached hydrogens (primary N) is 1. The average Bonchev–Trinajstić information content (AvgIpc) is 3.28. The zero-order valence-corrected chi connectivity index (χ0v) is 19.3. The number of hydrogen-bond donors (Lipinski definition) is 3. The number of nitrogens with zero attached hydrogens (tertiary/aromatic N) is 3. The van der Waals surface area contributed by atoms with E-state index in [2.05, 4.69) is 10.3 Å². The highest BCUT2D eigenvalue weighted by Gasteiger charge is 2.29. The van der Waals surface area contributed by atoms with Crippen molar-refractivity contribution in [2.24, 2.45) is 5.73 Å². The van der Waals surface area contributed by atoms with Gasteiger partial charge < -0.3 is 21.1 Å². The van der Waals surface area contributed by atoms with E-state index in [0.29, 0.717) is 29.9 Å². The fourth-order valence-electron chi connectivity index (χ4n) is 4.29. The molecular weight excluding hydrogens is 479 g/mol. The third-order valence-electron chi connectivity index (χ3n) is 6.10. The van der Waals surface area contributed by atoms with Gasteiger partial charge in [-0.3, -0.25) is 14.0 Å². The van der Waals surface area contributed by atoms with E-state index in [1.807, 2.05) is 6.92 Å². The van der Waals surface area contributed by atoms with Crippen LogP contribution in [0.25, 0.3) is 16.8 Å². The van der Waals surface area contributed by atoms with Crippen molar-refractivity contribution in [3.05, 3.63) is 63.8 Å². The molecule has 4 rings (SSSR count). The van der Waals surface area contributed by atoms with Crippen LogP contribution >= 0.6 is 0 Å². The molecule has 1 saturated heterocycles. The molecule has 0 spiro atoms. The van der Waals surface area contributed by atoms with Gasteiger partial charge in [0.25, 0.3) is 5.56 Å². The Hall–Kier alpha value is -3.93. The number of carboxylic acid groups (broad SMARTS) is 1. The third kappa shape index (κ3) is 4.76. The number of anilines is 1. The van der Waals surface area contributed by atoms with Gasteiger partial charge in [-0.25, -0.2) is 22.9 Å². The lowest BCUT2D eigenvalue weighted by Gasteiger charge is -2.21. The molecule has 0 aliphatic carbocycles. The number of carbonyl (C=O) groups excluding carboxylic acids is 1. The molecule has 3 aromatic rings. The maximum absolute atomic E-state index is 15.1. The molecule has 3 heterocycles. The largest absolute Gasteiger partial charge is 0.477 e. The number of halogens is 3. The van der Waals surface area contributed by atoms with Crippen LogP contribution in [0.15, 0.2) is 35.3 Å². The minimum atomic E-state index is -1.60. The molecule has 1 unspecified atom stereocenters. The van der Waals surface area contributed by atoms with Crippen molar-refractivity contribution in [2.75, 3.05) is 18.0 Å². The molecule has 0 bridgehead atoms. The van der Waals surface area contributed by atoms with E-state index in [4.69, 9.17) is 5.73 Å². The molecule has 190 valence electrons. The van der Waals surface area contributed by atoms with Crippen LogP contribution in [0.1, 0.15) is 36.5 Å². The Morgan fingerprint density at radius 2 is 1.97 bits per heavy atom. The van der Waals surface area contributed by atoms with Crippen LogP contribution in [-0.4, -0.2) is 51.5 Å².